The van der Waals surface area contributed by atoms with Crippen molar-refractivity contribution in [2.24, 2.45) is 5.92 Å². The van der Waals surface area contributed by atoms with Gasteiger partial charge in [-0.1, -0.05) is 19.9 Å². The Morgan fingerprint density at radius 2 is 1.95 bits per heavy atom. The molecular formula is C15H20FNO3. The van der Waals surface area contributed by atoms with Crippen molar-refractivity contribution >= 4 is 11.9 Å². The van der Waals surface area contributed by atoms with Crippen LogP contribution >= 0.6 is 0 Å². The summed E-state index contributed by atoms with van der Waals surface area (Å²) in [5.74, 6) is -1.24. The molecule has 4 nitrogen and oxygen atoms in total. The molecule has 1 aromatic carbocycles. The van der Waals surface area contributed by atoms with Gasteiger partial charge in [-0.3, -0.25) is 4.79 Å². The first kappa shape index (κ1) is 16.1. The molecule has 0 saturated heterocycles. The quantitative estimate of drug-likeness (QED) is 0.843. The second kappa shape index (κ2) is 7.03. The summed E-state index contributed by atoms with van der Waals surface area (Å²) < 4.78 is 18.4. The molecule has 0 fully saturated rings. The van der Waals surface area contributed by atoms with Gasteiger partial charge in [0.2, 0.25) is 0 Å². The Balaban J connectivity index is 2.60. The van der Waals surface area contributed by atoms with Gasteiger partial charge in [-0.15, -0.1) is 0 Å². The summed E-state index contributed by atoms with van der Waals surface area (Å²) >= 11 is 0. The van der Waals surface area contributed by atoms with Crippen molar-refractivity contribution in [2.45, 2.75) is 33.8 Å². The van der Waals surface area contributed by atoms with Crippen molar-refractivity contribution in [2.75, 3.05) is 6.54 Å². The Morgan fingerprint density at radius 3 is 2.50 bits per heavy atom. The van der Waals surface area contributed by atoms with E-state index in [1.807, 2.05) is 13.8 Å². The van der Waals surface area contributed by atoms with Gasteiger partial charge >= 0.3 is 5.97 Å². The second-order valence-electron chi connectivity index (χ2n) is 5.15. The van der Waals surface area contributed by atoms with Crippen molar-refractivity contribution in [3.8, 4) is 0 Å². The Hall–Kier alpha value is -1.91. The van der Waals surface area contributed by atoms with Gasteiger partial charge in [-0.2, -0.15) is 0 Å². The molecule has 0 radical (unpaired) electrons. The van der Waals surface area contributed by atoms with Crippen LogP contribution in [0.25, 0.3) is 0 Å². The van der Waals surface area contributed by atoms with Crippen LogP contribution in [0.4, 0.5) is 4.39 Å². The average Bonchev–Trinajstić information content (AvgIpc) is 2.38. The van der Waals surface area contributed by atoms with E-state index in [1.165, 1.54) is 19.1 Å². The highest BCUT2D eigenvalue weighted by Crippen LogP contribution is 2.11. The van der Waals surface area contributed by atoms with Crippen molar-refractivity contribution in [1.82, 2.24) is 5.32 Å². The maximum atomic E-state index is 13.4. The summed E-state index contributed by atoms with van der Waals surface area (Å²) in [5, 5.41) is 2.67. The average molecular weight is 281 g/mol. The lowest BCUT2D eigenvalue weighted by Gasteiger charge is -2.14. The molecule has 0 bridgehead atoms. The number of hydrogen-bond donors (Lipinski definition) is 1. The molecule has 1 amide bonds. The zero-order valence-corrected chi connectivity index (χ0v) is 12.2. The molecular weight excluding hydrogens is 261 g/mol. The van der Waals surface area contributed by atoms with E-state index in [2.05, 4.69) is 5.32 Å². The highest BCUT2D eigenvalue weighted by Gasteiger charge is 2.19. The first-order chi connectivity index (χ1) is 9.31. The molecule has 0 heterocycles. The van der Waals surface area contributed by atoms with Crippen LogP contribution in [0, 0.1) is 18.7 Å². The lowest BCUT2D eigenvalue weighted by atomic mass is 10.1. The summed E-state index contributed by atoms with van der Waals surface area (Å²) in [5.41, 5.74) is 0.542. The monoisotopic (exact) mass is 281 g/mol. The van der Waals surface area contributed by atoms with E-state index in [4.69, 9.17) is 4.74 Å². The molecule has 1 atom stereocenters. The molecule has 110 valence electrons. The largest absolute Gasteiger partial charge is 0.449 e. The van der Waals surface area contributed by atoms with Crippen LogP contribution in [0.2, 0.25) is 0 Å². The lowest BCUT2D eigenvalue weighted by molar-refractivity contribution is -0.129. The Morgan fingerprint density at radius 1 is 1.30 bits per heavy atom. The number of carbonyl (C=O) groups excluding carboxylic acids is 2. The van der Waals surface area contributed by atoms with Crippen LogP contribution < -0.4 is 5.32 Å². The maximum absolute atomic E-state index is 13.4. The smallest absolute Gasteiger partial charge is 0.339 e. The van der Waals surface area contributed by atoms with Gasteiger partial charge in [-0.05, 0) is 37.5 Å². The Kier molecular flexibility index (Phi) is 5.67. The molecule has 0 spiro atoms. The molecule has 0 saturated carbocycles. The van der Waals surface area contributed by atoms with Crippen molar-refractivity contribution < 1.29 is 18.7 Å². The zero-order chi connectivity index (χ0) is 15.3. The molecule has 0 unspecified atom stereocenters. The van der Waals surface area contributed by atoms with Crippen LogP contribution in [0.5, 0.6) is 0 Å². The minimum absolute atomic E-state index is 0.0941. The highest BCUT2D eigenvalue weighted by molar-refractivity contribution is 5.92. The van der Waals surface area contributed by atoms with Crippen LogP contribution in [0.3, 0.4) is 0 Å². The number of halogens is 1. The predicted octanol–water partition coefficient (Wildman–Crippen LogP) is 2.45. The normalized spacial score (nSPS) is 12.1. The zero-order valence-electron chi connectivity index (χ0n) is 12.2. The molecule has 0 aliphatic carbocycles. The number of ether oxygens (including phenoxy) is 1. The third-order valence-corrected chi connectivity index (χ3v) is 2.75. The number of nitrogens with one attached hydrogen (secondary N) is 1. The SMILES string of the molecule is Cc1ccc(C(=O)O[C@H](C)C(=O)NCC(C)C)cc1F. The molecule has 5 heteroatoms. The maximum Gasteiger partial charge on any atom is 0.339 e. The van der Waals surface area contributed by atoms with Crippen molar-refractivity contribution in [3.05, 3.63) is 35.1 Å². The fourth-order valence-corrected chi connectivity index (χ4v) is 1.45. The number of esters is 1. The highest BCUT2D eigenvalue weighted by atomic mass is 19.1. The molecule has 1 aromatic rings. The van der Waals surface area contributed by atoms with Crippen LogP contribution in [0.15, 0.2) is 18.2 Å². The van der Waals surface area contributed by atoms with Gasteiger partial charge in [-0.25, -0.2) is 9.18 Å². The summed E-state index contributed by atoms with van der Waals surface area (Å²) in [6, 6.07) is 4.07. The molecule has 20 heavy (non-hydrogen) atoms. The van der Waals surface area contributed by atoms with E-state index in [9.17, 15) is 14.0 Å². The van der Waals surface area contributed by atoms with E-state index in [0.717, 1.165) is 6.07 Å². The summed E-state index contributed by atoms with van der Waals surface area (Å²) in [6.07, 6.45) is -0.911. The number of hydrogen-bond acceptors (Lipinski definition) is 3. The first-order valence-corrected chi connectivity index (χ1v) is 6.56. The third kappa shape index (κ3) is 4.64. The van der Waals surface area contributed by atoms with E-state index in [1.54, 1.807) is 6.92 Å². The first-order valence-electron chi connectivity index (χ1n) is 6.56. The summed E-state index contributed by atoms with van der Waals surface area (Å²) in [7, 11) is 0. The van der Waals surface area contributed by atoms with Gasteiger partial charge in [0, 0.05) is 6.54 Å². The standard InChI is InChI=1S/C15H20FNO3/c1-9(2)8-17-14(18)11(4)20-15(19)12-6-5-10(3)13(16)7-12/h5-7,9,11H,8H2,1-4H3,(H,17,18)/t11-/m1/s1. The fourth-order valence-electron chi connectivity index (χ4n) is 1.45. The number of amides is 1. The van der Waals surface area contributed by atoms with Crippen molar-refractivity contribution in [3.63, 3.8) is 0 Å². The van der Waals surface area contributed by atoms with Crippen molar-refractivity contribution in [1.29, 1.82) is 0 Å². The van der Waals surface area contributed by atoms with E-state index < -0.39 is 17.9 Å². The number of rotatable bonds is 5. The van der Waals surface area contributed by atoms with E-state index in [0.29, 0.717) is 18.0 Å². The van der Waals surface area contributed by atoms with Crippen LogP contribution in [0.1, 0.15) is 36.7 Å². The van der Waals surface area contributed by atoms with Gasteiger partial charge in [0.1, 0.15) is 5.82 Å². The van der Waals surface area contributed by atoms with E-state index >= 15 is 0 Å². The van der Waals surface area contributed by atoms with Gasteiger partial charge in [0.25, 0.3) is 5.91 Å². The lowest BCUT2D eigenvalue weighted by Crippen LogP contribution is -2.37. The molecule has 0 aromatic heterocycles. The van der Waals surface area contributed by atoms with Gasteiger partial charge in [0.15, 0.2) is 6.10 Å². The molecule has 0 aliphatic rings. The topological polar surface area (TPSA) is 55.4 Å². The Labute approximate surface area is 118 Å². The fraction of sp³-hybridized carbons (Fsp3) is 0.467. The molecule has 1 N–H and O–H groups in total. The minimum atomic E-state index is -0.911. The Bertz CT molecular complexity index is 500. The number of benzene rings is 1. The number of aryl methyl sites for hydroxylation is 1. The summed E-state index contributed by atoms with van der Waals surface area (Å²) in [6.45, 7) is 7.53. The summed E-state index contributed by atoms with van der Waals surface area (Å²) in [4.78, 5) is 23.5. The van der Waals surface area contributed by atoms with Crippen LogP contribution in [-0.4, -0.2) is 24.5 Å². The molecule has 0 aliphatic heterocycles. The van der Waals surface area contributed by atoms with Crippen LogP contribution in [-0.2, 0) is 9.53 Å². The van der Waals surface area contributed by atoms with Gasteiger partial charge < -0.3 is 10.1 Å². The van der Waals surface area contributed by atoms with Gasteiger partial charge in [0.05, 0.1) is 5.56 Å². The van der Waals surface area contributed by atoms with E-state index in [-0.39, 0.29) is 11.5 Å². The minimum Gasteiger partial charge on any atom is -0.449 e. The number of carbonyl (C=O) groups is 2. The third-order valence-electron chi connectivity index (χ3n) is 2.75. The predicted molar refractivity (Wildman–Crippen MR) is 73.9 cm³/mol. The second-order valence-corrected chi connectivity index (χ2v) is 5.15. The molecule has 1 rings (SSSR count).